The standard InChI is InChI=1S/C39H31N3O2S/c1-22-35(23(2)41(5)40-22)25-17-18-34-31(19-25)39(3,4)32-21-26(20-30-36(43)28-14-8-9-15-29(28)37(30)44)45-38(32)42(34)33-16-10-12-24-11-6-7-13-27(24)33/h6-21H,1-5H3. The number of benzene rings is 4. The smallest absolute Gasteiger partial charge is 0.197 e. The highest BCUT2D eigenvalue weighted by Gasteiger charge is 2.40. The molecule has 1 aliphatic heterocycles. The normalized spacial score (nSPS) is 15.0. The van der Waals surface area contributed by atoms with E-state index in [1.165, 1.54) is 10.9 Å². The van der Waals surface area contributed by atoms with Gasteiger partial charge in [0.15, 0.2) is 11.6 Å². The van der Waals surface area contributed by atoms with Crippen molar-refractivity contribution in [2.45, 2.75) is 33.1 Å². The van der Waals surface area contributed by atoms with Gasteiger partial charge in [0.05, 0.1) is 22.6 Å². The van der Waals surface area contributed by atoms with Crippen LogP contribution < -0.4 is 4.90 Å². The van der Waals surface area contributed by atoms with E-state index in [0.29, 0.717) is 11.1 Å². The van der Waals surface area contributed by atoms with E-state index < -0.39 is 0 Å². The number of ketones is 2. The first-order chi connectivity index (χ1) is 21.6. The number of fused-ring (bicyclic) bond motifs is 4. The molecular weight excluding hydrogens is 575 g/mol. The third kappa shape index (κ3) is 3.95. The third-order valence-electron chi connectivity index (χ3n) is 9.52. The second-order valence-corrected chi connectivity index (χ2v) is 13.6. The van der Waals surface area contributed by atoms with Crippen molar-refractivity contribution in [1.82, 2.24) is 9.78 Å². The second kappa shape index (κ2) is 9.71. The summed E-state index contributed by atoms with van der Waals surface area (Å²) in [5, 5.41) is 8.11. The number of hydrogen-bond acceptors (Lipinski definition) is 5. The molecule has 6 aromatic rings. The van der Waals surface area contributed by atoms with E-state index in [-0.39, 0.29) is 22.6 Å². The number of aryl methyl sites for hydroxylation is 2. The highest BCUT2D eigenvalue weighted by atomic mass is 32.1. The van der Waals surface area contributed by atoms with E-state index in [2.05, 4.69) is 99.3 Å². The van der Waals surface area contributed by atoms with E-state index in [0.717, 1.165) is 54.7 Å². The molecule has 1 aliphatic carbocycles. The number of hydrogen-bond donors (Lipinski definition) is 0. The molecule has 220 valence electrons. The van der Waals surface area contributed by atoms with Gasteiger partial charge in [-0.05, 0) is 66.3 Å². The Morgan fingerprint density at radius 3 is 2.18 bits per heavy atom. The van der Waals surface area contributed by atoms with Crippen LogP contribution in [0.1, 0.15) is 62.0 Å². The Kier molecular flexibility index (Phi) is 5.93. The van der Waals surface area contributed by atoms with Crippen molar-refractivity contribution >= 4 is 56.1 Å². The fraction of sp³-hybridized carbons (Fsp3) is 0.154. The van der Waals surface area contributed by atoms with Gasteiger partial charge in [0.1, 0.15) is 5.00 Å². The molecule has 0 radical (unpaired) electrons. The van der Waals surface area contributed by atoms with Gasteiger partial charge in [0.2, 0.25) is 0 Å². The molecule has 0 unspecified atom stereocenters. The first kappa shape index (κ1) is 27.5. The lowest BCUT2D eigenvalue weighted by Gasteiger charge is -2.40. The lowest BCUT2D eigenvalue weighted by molar-refractivity contribution is 0.0990. The maximum absolute atomic E-state index is 13.3. The van der Waals surface area contributed by atoms with Crippen LogP contribution in [0.25, 0.3) is 28.0 Å². The number of thiophene rings is 1. The summed E-state index contributed by atoms with van der Waals surface area (Å²) in [5.41, 5.74) is 9.85. The highest BCUT2D eigenvalue weighted by Crippen LogP contribution is 2.57. The zero-order valence-electron chi connectivity index (χ0n) is 25.8. The summed E-state index contributed by atoms with van der Waals surface area (Å²) in [6, 6.07) is 30.9. The number of aromatic nitrogens is 2. The minimum atomic E-state index is -0.355. The number of anilines is 3. The molecule has 0 fully saturated rings. The molecule has 3 heterocycles. The van der Waals surface area contributed by atoms with Crippen LogP contribution in [-0.4, -0.2) is 21.3 Å². The van der Waals surface area contributed by atoms with Crippen molar-refractivity contribution in [3.05, 3.63) is 135 Å². The van der Waals surface area contributed by atoms with E-state index in [4.69, 9.17) is 5.10 Å². The van der Waals surface area contributed by atoms with Gasteiger partial charge in [-0.2, -0.15) is 5.10 Å². The number of Topliss-reactive ketones (excluding diaryl/α,β-unsaturated/α-hetero) is 2. The third-order valence-corrected chi connectivity index (χ3v) is 10.6. The first-order valence-corrected chi connectivity index (χ1v) is 15.9. The van der Waals surface area contributed by atoms with Crippen molar-refractivity contribution in [2.75, 3.05) is 4.90 Å². The second-order valence-electron chi connectivity index (χ2n) is 12.5. The summed E-state index contributed by atoms with van der Waals surface area (Å²) in [4.78, 5) is 29.9. The molecular formula is C39H31N3O2S. The summed E-state index contributed by atoms with van der Waals surface area (Å²) >= 11 is 1.62. The average Bonchev–Trinajstić information content (AvgIpc) is 3.66. The molecule has 0 saturated heterocycles. The molecule has 2 aromatic heterocycles. The zero-order chi connectivity index (χ0) is 31.2. The van der Waals surface area contributed by atoms with E-state index in [1.54, 1.807) is 41.7 Å². The SMILES string of the molecule is Cc1nn(C)c(C)c1-c1ccc2c(c1)C(C)(C)c1cc(C=C3C(=O)c4ccccc4C3=O)sc1N2c1cccc2ccccc12. The van der Waals surface area contributed by atoms with Crippen molar-refractivity contribution in [1.29, 1.82) is 0 Å². The average molecular weight is 606 g/mol. The molecule has 45 heavy (non-hydrogen) atoms. The molecule has 0 spiro atoms. The monoisotopic (exact) mass is 605 g/mol. The van der Waals surface area contributed by atoms with Crippen molar-refractivity contribution in [3.8, 4) is 11.1 Å². The fourth-order valence-corrected chi connectivity index (χ4v) is 8.40. The summed E-state index contributed by atoms with van der Waals surface area (Å²) in [6.07, 6.45) is 1.80. The van der Waals surface area contributed by atoms with Crippen LogP contribution in [0, 0.1) is 13.8 Å². The molecule has 4 aromatic carbocycles. The van der Waals surface area contributed by atoms with Crippen LogP contribution in [0.15, 0.2) is 96.6 Å². The number of carbonyl (C=O) groups is 2. The topological polar surface area (TPSA) is 55.2 Å². The van der Waals surface area contributed by atoms with E-state index >= 15 is 0 Å². The van der Waals surface area contributed by atoms with E-state index in [9.17, 15) is 9.59 Å². The minimum absolute atomic E-state index is 0.206. The van der Waals surface area contributed by atoms with Gasteiger partial charge in [-0.15, -0.1) is 11.3 Å². The van der Waals surface area contributed by atoms with Crippen molar-refractivity contribution in [2.24, 2.45) is 7.05 Å². The van der Waals surface area contributed by atoms with Crippen LogP contribution in [0.2, 0.25) is 0 Å². The maximum atomic E-state index is 13.3. The Hall–Kier alpha value is -5.07. The number of nitrogens with zero attached hydrogens (tertiary/aromatic N) is 3. The summed E-state index contributed by atoms with van der Waals surface area (Å²) in [7, 11) is 1.99. The van der Waals surface area contributed by atoms with Crippen molar-refractivity contribution < 1.29 is 9.59 Å². The van der Waals surface area contributed by atoms with Crippen LogP contribution >= 0.6 is 11.3 Å². The summed E-state index contributed by atoms with van der Waals surface area (Å²) in [6.45, 7) is 8.71. The Balaban J connectivity index is 1.36. The quantitative estimate of drug-likeness (QED) is 0.149. The number of rotatable bonds is 3. The van der Waals surface area contributed by atoms with Gasteiger partial charge in [0.25, 0.3) is 0 Å². The Labute approximate surface area is 266 Å². The molecule has 0 atom stereocenters. The Morgan fingerprint density at radius 1 is 0.778 bits per heavy atom. The summed E-state index contributed by atoms with van der Waals surface area (Å²) in [5.74, 6) is -0.412. The lowest BCUT2D eigenvalue weighted by atomic mass is 9.74. The Bertz CT molecular complexity index is 2240. The van der Waals surface area contributed by atoms with Crippen LogP contribution in [0.5, 0.6) is 0 Å². The molecule has 5 nitrogen and oxygen atoms in total. The van der Waals surface area contributed by atoms with Gasteiger partial charge in [0, 0.05) is 45.1 Å². The predicted octanol–water partition coefficient (Wildman–Crippen LogP) is 9.49. The lowest BCUT2D eigenvalue weighted by Crippen LogP contribution is -2.29. The zero-order valence-corrected chi connectivity index (χ0v) is 26.6. The molecule has 0 N–H and O–H groups in total. The van der Waals surface area contributed by atoms with Gasteiger partial charge in [-0.25, -0.2) is 0 Å². The first-order valence-electron chi connectivity index (χ1n) is 15.1. The molecule has 0 saturated carbocycles. The van der Waals surface area contributed by atoms with Gasteiger partial charge < -0.3 is 4.90 Å². The molecule has 0 bridgehead atoms. The number of carbonyl (C=O) groups excluding carboxylic acids is 2. The van der Waals surface area contributed by atoms with Crippen LogP contribution in [-0.2, 0) is 12.5 Å². The largest absolute Gasteiger partial charge is 0.301 e. The number of allylic oxidation sites excluding steroid dienone is 1. The van der Waals surface area contributed by atoms with Crippen LogP contribution in [0.4, 0.5) is 16.4 Å². The minimum Gasteiger partial charge on any atom is -0.301 e. The van der Waals surface area contributed by atoms with E-state index in [1.807, 2.05) is 11.7 Å². The molecule has 6 heteroatoms. The van der Waals surface area contributed by atoms with Gasteiger partial charge in [-0.1, -0.05) is 80.6 Å². The maximum Gasteiger partial charge on any atom is 0.197 e. The fourth-order valence-electron chi connectivity index (χ4n) is 7.11. The Morgan fingerprint density at radius 2 is 1.47 bits per heavy atom. The van der Waals surface area contributed by atoms with Gasteiger partial charge >= 0.3 is 0 Å². The molecule has 8 rings (SSSR count). The summed E-state index contributed by atoms with van der Waals surface area (Å²) < 4.78 is 1.94. The van der Waals surface area contributed by atoms with Gasteiger partial charge in [-0.3, -0.25) is 14.3 Å². The van der Waals surface area contributed by atoms with Crippen LogP contribution in [0.3, 0.4) is 0 Å². The molecule has 2 aliphatic rings. The van der Waals surface area contributed by atoms with Crippen molar-refractivity contribution in [3.63, 3.8) is 0 Å². The molecule has 0 amide bonds. The predicted molar refractivity (Wildman–Crippen MR) is 183 cm³/mol. The highest BCUT2D eigenvalue weighted by molar-refractivity contribution is 7.17.